The zero-order chi connectivity index (χ0) is 20.2. The smallest absolute Gasteiger partial charge is 0.123 e. The summed E-state index contributed by atoms with van der Waals surface area (Å²) < 4.78 is 15.4. The summed E-state index contributed by atoms with van der Waals surface area (Å²) in [4.78, 5) is 0. The molecule has 0 fully saturated rings. The number of para-hydroxylation sites is 2. The number of anilines is 2. The van der Waals surface area contributed by atoms with E-state index in [2.05, 4.69) is 10.6 Å². The molecule has 0 radical (unpaired) electrons. The second kappa shape index (κ2) is 8.15. The lowest BCUT2D eigenvalue weighted by Crippen LogP contribution is -2.09. The normalized spacial score (nSPS) is 11.1. The van der Waals surface area contributed by atoms with E-state index in [1.807, 2.05) is 85.7 Å². The first kappa shape index (κ1) is 18.7. The Morgan fingerprint density at radius 3 is 1.90 bits per heavy atom. The van der Waals surface area contributed by atoms with Crippen molar-refractivity contribution in [2.24, 2.45) is 5.10 Å². The lowest BCUT2D eigenvalue weighted by atomic mass is 10.2. The van der Waals surface area contributed by atoms with Crippen LogP contribution in [0.2, 0.25) is 0 Å². The summed E-state index contributed by atoms with van der Waals surface area (Å²) >= 11 is 0. The standard InChI is InChI=1S/C25H22FN3/c1-19-17-21(20(2)28(19)23-15-13-22(26)14-16-23)18-27-29(24-9-5-3-6-10-24)25-11-7-4-8-12-25/h3-18H,1-2H3/b27-18-. The second-order valence-electron chi connectivity index (χ2n) is 6.87. The largest absolute Gasteiger partial charge is 0.318 e. The number of aryl methyl sites for hydroxylation is 1. The Hall–Kier alpha value is -3.66. The molecule has 0 amide bonds. The van der Waals surface area contributed by atoms with E-state index in [1.165, 1.54) is 12.1 Å². The molecule has 0 saturated heterocycles. The molecule has 0 unspecified atom stereocenters. The molecular formula is C25H22FN3. The maximum atomic E-state index is 13.3. The summed E-state index contributed by atoms with van der Waals surface area (Å²) in [5, 5.41) is 6.71. The Morgan fingerprint density at radius 2 is 1.34 bits per heavy atom. The summed E-state index contributed by atoms with van der Waals surface area (Å²) in [5.74, 6) is -0.237. The molecular weight excluding hydrogens is 361 g/mol. The van der Waals surface area contributed by atoms with Crippen molar-refractivity contribution < 1.29 is 4.39 Å². The van der Waals surface area contributed by atoms with E-state index in [-0.39, 0.29) is 5.82 Å². The van der Waals surface area contributed by atoms with Crippen molar-refractivity contribution >= 4 is 17.6 Å². The van der Waals surface area contributed by atoms with Crippen LogP contribution in [0.25, 0.3) is 5.69 Å². The Kier molecular flexibility index (Phi) is 5.25. The highest BCUT2D eigenvalue weighted by Crippen LogP contribution is 2.26. The lowest BCUT2D eigenvalue weighted by molar-refractivity contribution is 0.627. The van der Waals surface area contributed by atoms with Gasteiger partial charge in [-0.1, -0.05) is 36.4 Å². The van der Waals surface area contributed by atoms with Crippen molar-refractivity contribution in [3.63, 3.8) is 0 Å². The van der Waals surface area contributed by atoms with Crippen LogP contribution in [0, 0.1) is 19.7 Å². The number of aromatic nitrogens is 1. The minimum absolute atomic E-state index is 0.237. The first-order chi connectivity index (χ1) is 14.1. The number of benzene rings is 3. The fourth-order valence-corrected chi connectivity index (χ4v) is 3.45. The van der Waals surface area contributed by atoms with Crippen LogP contribution in [-0.4, -0.2) is 10.8 Å². The quantitative estimate of drug-likeness (QED) is 0.288. The monoisotopic (exact) mass is 383 g/mol. The van der Waals surface area contributed by atoms with Crippen LogP contribution < -0.4 is 5.01 Å². The van der Waals surface area contributed by atoms with Gasteiger partial charge in [0.15, 0.2) is 0 Å². The van der Waals surface area contributed by atoms with E-state index >= 15 is 0 Å². The topological polar surface area (TPSA) is 20.5 Å². The molecule has 0 bridgehead atoms. The molecule has 0 aliphatic rings. The first-order valence-electron chi connectivity index (χ1n) is 9.52. The van der Waals surface area contributed by atoms with Gasteiger partial charge in [0.2, 0.25) is 0 Å². The van der Waals surface area contributed by atoms with Gasteiger partial charge in [0.1, 0.15) is 5.82 Å². The van der Waals surface area contributed by atoms with Gasteiger partial charge in [0.05, 0.1) is 17.6 Å². The molecule has 3 aromatic carbocycles. The molecule has 4 rings (SSSR count). The maximum absolute atomic E-state index is 13.3. The third kappa shape index (κ3) is 3.97. The Labute approximate surface area is 170 Å². The molecule has 4 aromatic rings. The highest BCUT2D eigenvalue weighted by Gasteiger charge is 2.11. The van der Waals surface area contributed by atoms with E-state index in [0.29, 0.717) is 0 Å². The Bertz CT molecular complexity index is 1070. The molecule has 0 aliphatic heterocycles. The summed E-state index contributed by atoms with van der Waals surface area (Å²) in [5.41, 5.74) is 6.05. The number of nitrogens with zero attached hydrogens (tertiary/aromatic N) is 3. The third-order valence-corrected chi connectivity index (χ3v) is 4.87. The van der Waals surface area contributed by atoms with Gasteiger partial charge in [-0.3, -0.25) is 0 Å². The van der Waals surface area contributed by atoms with Gasteiger partial charge in [0, 0.05) is 22.6 Å². The van der Waals surface area contributed by atoms with E-state index in [9.17, 15) is 4.39 Å². The first-order valence-corrected chi connectivity index (χ1v) is 9.52. The van der Waals surface area contributed by atoms with Gasteiger partial charge < -0.3 is 4.57 Å². The predicted octanol–water partition coefficient (Wildman–Crippen LogP) is 6.41. The molecule has 144 valence electrons. The van der Waals surface area contributed by atoms with E-state index in [0.717, 1.165) is 34.0 Å². The molecule has 0 aliphatic carbocycles. The van der Waals surface area contributed by atoms with Crippen LogP contribution in [0.3, 0.4) is 0 Å². The number of halogens is 1. The van der Waals surface area contributed by atoms with E-state index < -0.39 is 0 Å². The summed E-state index contributed by atoms with van der Waals surface area (Å²) in [6.07, 6.45) is 1.88. The van der Waals surface area contributed by atoms with Gasteiger partial charge in [-0.2, -0.15) is 5.10 Å². The lowest BCUT2D eigenvalue weighted by Gasteiger charge is -2.19. The molecule has 0 N–H and O–H groups in total. The molecule has 4 heteroatoms. The van der Waals surface area contributed by atoms with Crippen LogP contribution >= 0.6 is 0 Å². The molecule has 0 saturated carbocycles. The van der Waals surface area contributed by atoms with Gasteiger partial charge in [-0.05, 0) is 68.4 Å². The fraction of sp³-hybridized carbons (Fsp3) is 0.0800. The SMILES string of the molecule is Cc1cc(/C=N\N(c2ccccc2)c2ccccc2)c(C)n1-c1ccc(F)cc1. The van der Waals surface area contributed by atoms with Crippen LogP contribution in [0.4, 0.5) is 15.8 Å². The van der Waals surface area contributed by atoms with Crippen LogP contribution in [0.15, 0.2) is 96.1 Å². The van der Waals surface area contributed by atoms with Crippen LogP contribution in [0.1, 0.15) is 17.0 Å². The summed E-state index contributed by atoms with van der Waals surface area (Å²) in [6, 6.07) is 28.8. The molecule has 1 aromatic heterocycles. The van der Waals surface area contributed by atoms with Crippen molar-refractivity contribution in [3.8, 4) is 5.69 Å². The molecule has 0 spiro atoms. The van der Waals surface area contributed by atoms with E-state index in [4.69, 9.17) is 5.10 Å². The molecule has 3 nitrogen and oxygen atoms in total. The molecule has 29 heavy (non-hydrogen) atoms. The van der Waals surface area contributed by atoms with Crippen LogP contribution in [0.5, 0.6) is 0 Å². The highest BCUT2D eigenvalue weighted by molar-refractivity contribution is 5.84. The van der Waals surface area contributed by atoms with Gasteiger partial charge in [0.25, 0.3) is 0 Å². The van der Waals surface area contributed by atoms with Crippen molar-refractivity contribution in [2.75, 3.05) is 5.01 Å². The van der Waals surface area contributed by atoms with E-state index in [1.54, 1.807) is 12.1 Å². The number of hydrazone groups is 1. The van der Waals surface area contributed by atoms with Gasteiger partial charge in [-0.15, -0.1) is 0 Å². The zero-order valence-corrected chi connectivity index (χ0v) is 16.5. The number of hydrogen-bond acceptors (Lipinski definition) is 2. The van der Waals surface area contributed by atoms with Crippen LogP contribution in [-0.2, 0) is 0 Å². The van der Waals surface area contributed by atoms with Crippen molar-refractivity contribution in [1.82, 2.24) is 4.57 Å². The Balaban J connectivity index is 1.72. The summed E-state index contributed by atoms with van der Waals surface area (Å²) in [7, 11) is 0. The Morgan fingerprint density at radius 1 is 0.793 bits per heavy atom. The minimum atomic E-state index is -0.237. The highest BCUT2D eigenvalue weighted by atomic mass is 19.1. The van der Waals surface area contributed by atoms with Gasteiger partial charge in [-0.25, -0.2) is 9.40 Å². The molecule has 0 atom stereocenters. The average Bonchev–Trinajstić information content (AvgIpc) is 3.04. The van der Waals surface area contributed by atoms with Gasteiger partial charge >= 0.3 is 0 Å². The minimum Gasteiger partial charge on any atom is -0.318 e. The summed E-state index contributed by atoms with van der Waals surface area (Å²) in [6.45, 7) is 4.09. The van der Waals surface area contributed by atoms with Crippen molar-refractivity contribution in [1.29, 1.82) is 0 Å². The zero-order valence-electron chi connectivity index (χ0n) is 16.5. The predicted molar refractivity (Wildman–Crippen MR) is 118 cm³/mol. The third-order valence-electron chi connectivity index (χ3n) is 4.87. The second-order valence-corrected chi connectivity index (χ2v) is 6.87. The van der Waals surface area contributed by atoms with Crippen molar-refractivity contribution in [3.05, 3.63) is 114 Å². The molecule has 1 heterocycles. The fourth-order valence-electron chi connectivity index (χ4n) is 3.45. The average molecular weight is 383 g/mol. The maximum Gasteiger partial charge on any atom is 0.123 e. The number of rotatable bonds is 5. The number of hydrogen-bond donors (Lipinski definition) is 0. The van der Waals surface area contributed by atoms with Crippen molar-refractivity contribution in [2.45, 2.75) is 13.8 Å².